The first-order chi connectivity index (χ1) is 14.6. The molecule has 0 fully saturated rings. The third-order valence-electron chi connectivity index (χ3n) is 6.80. The third kappa shape index (κ3) is 10.2. The summed E-state index contributed by atoms with van der Waals surface area (Å²) in [5, 5.41) is 3.11. The number of amides is 1. The predicted octanol–water partition coefficient (Wildman–Crippen LogP) is 6.75. The molecule has 4 nitrogen and oxygen atoms in total. The van der Waals surface area contributed by atoms with Gasteiger partial charge in [0.05, 0.1) is 12.8 Å². The van der Waals surface area contributed by atoms with Gasteiger partial charge in [-0.05, 0) is 32.6 Å². The first-order valence-corrected chi connectivity index (χ1v) is 12.9. The summed E-state index contributed by atoms with van der Waals surface area (Å²) in [4.78, 5) is 16.3. The molecule has 0 radical (unpaired) electrons. The summed E-state index contributed by atoms with van der Waals surface area (Å²) in [5.74, 6) is 0.0585. The number of hydrogen-bond donors (Lipinski definition) is 1. The van der Waals surface area contributed by atoms with Gasteiger partial charge in [0.2, 0.25) is 5.91 Å². The van der Waals surface area contributed by atoms with Gasteiger partial charge in [-0.3, -0.25) is 9.28 Å². The summed E-state index contributed by atoms with van der Waals surface area (Å²) in [6, 6.07) is 0. The highest BCUT2D eigenvalue weighted by Gasteiger charge is 2.42. The van der Waals surface area contributed by atoms with Crippen LogP contribution in [0.4, 0.5) is 0 Å². The Morgan fingerprint density at radius 1 is 1.00 bits per heavy atom. The number of allylic oxidation sites excluding steroid dienone is 2. The summed E-state index contributed by atoms with van der Waals surface area (Å²) in [6.07, 6.45) is 25.8. The zero-order chi connectivity index (χ0) is 22.1. The Morgan fingerprint density at radius 2 is 1.57 bits per heavy atom. The maximum absolute atomic E-state index is 11.5. The van der Waals surface area contributed by atoms with Crippen LogP contribution in [0, 0.1) is 0 Å². The smallest absolute Gasteiger partial charge is 0.221 e. The normalized spacial score (nSPS) is 22.1. The molecule has 0 spiro atoms. The van der Waals surface area contributed by atoms with Crippen molar-refractivity contribution in [3.05, 3.63) is 12.2 Å². The second-order valence-corrected chi connectivity index (χ2v) is 9.14. The van der Waals surface area contributed by atoms with Gasteiger partial charge in [-0.25, -0.2) is 4.99 Å². The van der Waals surface area contributed by atoms with E-state index in [2.05, 4.69) is 44.5 Å². The Labute approximate surface area is 187 Å². The average Bonchev–Trinajstić information content (AvgIpc) is 3.14. The SMILES string of the molecule is CC/C=C/CCCCCCCCCCCCCC1N=CC[N+]1(CC)C(C)NC(C)=O. The van der Waals surface area contributed by atoms with E-state index in [9.17, 15) is 4.79 Å². The Bertz CT molecular complexity index is 503. The van der Waals surface area contributed by atoms with E-state index in [1.54, 1.807) is 6.92 Å². The number of nitrogens with zero attached hydrogens (tertiary/aromatic N) is 2. The minimum absolute atomic E-state index is 0.0585. The predicted molar refractivity (Wildman–Crippen MR) is 131 cm³/mol. The molecule has 0 bridgehead atoms. The van der Waals surface area contributed by atoms with Crippen molar-refractivity contribution < 1.29 is 9.28 Å². The molecule has 1 aliphatic heterocycles. The van der Waals surface area contributed by atoms with Crippen LogP contribution in [0.3, 0.4) is 0 Å². The lowest BCUT2D eigenvalue weighted by molar-refractivity contribution is -0.959. The van der Waals surface area contributed by atoms with E-state index < -0.39 is 0 Å². The number of carbonyl (C=O) groups excluding carboxylic acids is 1. The number of aliphatic imine (C=N–C) groups is 1. The number of hydrogen-bond acceptors (Lipinski definition) is 2. The van der Waals surface area contributed by atoms with E-state index in [0.29, 0.717) is 6.17 Å². The number of nitrogens with one attached hydrogen (secondary N) is 1. The molecule has 174 valence electrons. The molecule has 1 heterocycles. The van der Waals surface area contributed by atoms with E-state index in [-0.39, 0.29) is 12.1 Å². The van der Waals surface area contributed by atoms with Crippen LogP contribution in [0.5, 0.6) is 0 Å². The summed E-state index contributed by atoms with van der Waals surface area (Å²) in [6.45, 7) is 10.1. The Kier molecular flexibility index (Phi) is 14.8. The van der Waals surface area contributed by atoms with Gasteiger partial charge in [-0.15, -0.1) is 0 Å². The second kappa shape index (κ2) is 16.5. The zero-order valence-corrected chi connectivity index (χ0v) is 20.5. The van der Waals surface area contributed by atoms with E-state index >= 15 is 0 Å². The van der Waals surface area contributed by atoms with Crippen LogP contribution in [0.25, 0.3) is 0 Å². The van der Waals surface area contributed by atoms with Gasteiger partial charge in [-0.1, -0.05) is 76.9 Å². The second-order valence-electron chi connectivity index (χ2n) is 9.14. The lowest BCUT2D eigenvalue weighted by atomic mass is 10.0. The topological polar surface area (TPSA) is 41.5 Å². The fourth-order valence-electron chi connectivity index (χ4n) is 4.82. The maximum Gasteiger partial charge on any atom is 0.221 e. The standard InChI is InChI=1S/C26H49N3O/c1-5-7-8-9-10-11-12-13-14-15-16-17-18-19-20-21-26-27-22-23-29(26,6-2)24(3)28-25(4)30/h7-8,22,24,26H,5-6,9-21,23H2,1-4H3/p+1/b8-7+. The molecule has 3 unspecified atom stereocenters. The summed E-state index contributed by atoms with van der Waals surface area (Å²) < 4.78 is 0.883. The monoisotopic (exact) mass is 420 g/mol. The van der Waals surface area contributed by atoms with Crippen LogP contribution in [0.15, 0.2) is 17.1 Å². The van der Waals surface area contributed by atoms with Crippen molar-refractivity contribution in [3.8, 4) is 0 Å². The van der Waals surface area contributed by atoms with Crippen LogP contribution in [0.2, 0.25) is 0 Å². The molecule has 3 atom stereocenters. The third-order valence-corrected chi connectivity index (χ3v) is 6.80. The van der Waals surface area contributed by atoms with E-state index in [1.165, 1.54) is 83.5 Å². The molecular formula is C26H50N3O+. The Balaban J connectivity index is 2.03. The summed E-state index contributed by atoms with van der Waals surface area (Å²) in [5.41, 5.74) is 0. The van der Waals surface area contributed by atoms with E-state index in [1.807, 2.05) is 0 Å². The molecule has 1 aliphatic rings. The van der Waals surface area contributed by atoms with Crippen LogP contribution in [-0.4, -0.2) is 42.0 Å². The first-order valence-electron chi connectivity index (χ1n) is 12.9. The minimum atomic E-state index is 0.0585. The van der Waals surface area contributed by atoms with Crippen molar-refractivity contribution >= 4 is 12.1 Å². The minimum Gasteiger partial charge on any atom is -0.307 e. The zero-order valence-electron chi connectivity index (χ0n) is 20.5. The molecule has 1 amide bonds. The molecule has 0 aromatic rings. The fraction of sp³-hybridized carbons (Fsp3) is 0.846. The quantitative estimate of drug-likeness (QED) is 0.149. The molecule has 4 heteroatoms. The van der Waals surface area contributed by atoms with Crippen molar-refractivity contribution in [3.63, 3.8) is 0 Å². The van der Waals surface area contributed by atoms with Gasteiger partial charge in [0, 0.05) is 20.3 Å². The number of quaternary nitrogens is 1. The van der Waals surface area contributed by atoms with Gasteiger partial charge in [0.25, 0.3) is 0 Å². The van der Waals surface area contributed by atoms with Crippen LogP contribution >= 0.6 is 0 Å². The van der Waals surface area contributed by atoms with Gasteiger partial charge >= 0.3 is 0 Å². The highest BCUT2D eigenvalue weighted by atomic mass is 16.1. The molecule has 0 aromatic heterocycles. The highest BCUT2D eigenvalue weighted by molar-refractivity contribution is 5.73. The van der Waals surface area contributed by atoms with Crippen LogP contribution in [-0.2, 0) is 4.79 Å². The molecule has 1 N–H and O–H groups in total. The molecule has 1 rings (SSSR count). The lowest BCUT2D eigenvalue weighted by Gasteiger charge is -2.42. The maximum atomic E-state index is 11.5. The number of rotatable bonds is 18. The molecule has 0 aliphatic carbocycles. The van der Waals surface area contributed by atoms with Crippen molar-refractivity contribution in [2.24, 2.45) is 4.99 Å². The number of carbonyl (C=O) groups is 1. The van der Waals surface area contributed by atoms with Gasteiger partial charge in [0.15, 0.2) is 12.3 Å². The van der Waals surface area contributed by atoms with Gasteiger partial charge in [-0.2, -0.15) is 0 Å². The largest absolute Gasteiger partial charge is 0.307 e. The molecule has 0 saturated carbocycles. The molecule has 30 heavy (non-hydrogen) atoms. The van der Waals surface area contributed by atoms with Crippen molar-refractivity contribution in [1.82, 2.24) is 5.32 Å². The van der Waals surface area contributed by atoms with Gasteiger partial charge < -0.3 is 5.32 Å². The van der Waals surface area contributed by atoms with Crippen LogP contribution in [0.1, 0.15) is 118 Å². The van der Waals surface area contributed by atoms with E-state index in [4.69, 9.17) is 4.99 Å². The Hall–Kier alpha value is -1.16. The fourth-order valence-corrected chi connectivity index (χ4v) is 4.82. The average molecular weight is 421 g/mol. The van der Waals surface area contributed by atoms with Crippen molar-refractivity contribution in [2.45, 2.75) is 130 Å². The number of unbranched alkanes of at least 4 members (excludes halogenated alkanes) is 11. The molecule has 0 aromatic carbocycles. The summed E-state index contributed by atoms with van der Waals surface area (Å²) in [7, 11) is 0. The van der Waals surface area contributed by atoms with Crippen molar-refractivity contribution in [2.75, 3.05) is 13.1 Å². The highest BCUT2D eigenvalue weighted by Crippen LogP contribution is 2.27. The Morgan fingerprint density at radius 3 is 2.10 bits per heavy atom. The summed E-state index contributed by atoms with van der Waals surface area (Å²) >= 11 is 0. The first kappa shape index (κ1) is 26.9. The molecule has 0 saturated heterocycles. The van der Waals surface area contributed by atoms with Gasteiger partial charge in [0.1, 0.15) is 6.54 Å². The van der Waals surface area contributed by atoms with E-state index in [0.717, 1.165) is 24.0 Å². The lowest BCUT2D eigenvalue weighted by Crippen LogP contribution is -2.63. The van der Waals surface area contributed by atoms with Crippen LogP contribution < -0.4 is 5.32 Å². The van der Waals surface area contributed by atoms with Crippen molar-refractivity contribution in [1.29, 1.82) is 0 Å². The molecular weight excluding hydrogens is 370 g/mol.